The highest BCUT2D eigenvalue weighted by molar-refractivity contribution is 5.86. The minimum absolute atomic E-state index is 0.111. The molecule has 5 heteroatoms. The normalized spacial score (nSPS) is 20.5. The molecule has 1 aliphatic rings. The van der Waals surface area contributed by atoms with Gasteiger partial charge in [-0.25, -0.2) is 9.59 Å². The van der Waals surface area contributed by atoms with Crippen LogP contribution in [0.1, 0.15) is 47.0 Å². The zero-order valence-corrected chi connectivity index (χ0v) is 12.1. The average Bonchev–Trinajstić information content (AvgIpc) is 2.48. The number of ether oxygens (including phenoxy) is 1. The molecule has 0 saturated carbocycles. The average molecular weight is 269 g/mol. The van der Waals surface area contributed by atoms with E-state index in [4.69, 9.17) is 9.84 Å². The Morgan fingerprint density at radius 2 is 2.11 bits per heavy atom. The minimum Gasteiger partial charge on any atom is -0.478 e. The van der Waals surface area contributed by atoms with E-state index < -0.39 is 11.6 Å². The highest BCUT2D eigenvalue weighted by atomic mass is 16.6. The Morgan fingerprint density at radius 3 is 2.58 bits per heavy atom. The summed E-state index contributed by atoms with van der Waals surface area (Å²) in [6.45, 7) is 7.93. The highest BCUT2D eigenvalue weighted by Gasteiger charge is 2.30. The third kappa shape index (κ3) is 4.58. The fourth-order valence-corrected chi connectivity index (χ4v) is 2.11. The van der Waals surface area contributed by atoms with Crippen LogP contribution in [0.4, 0.5) is 4.79 Å². The largest absolute Gasteiger partial charge is 0.478 e. The van der Waals surface area contributed by atoms with Crippen LogP contribution in [0.3, 0.4) is 0 Å². The summed E-state index contributed by atoms with van der Waals surface area (Å²) < 4.78 is 5.38. The molecule has 1 aliphatic heterocycles. The first kappa shape index (κ1) is 15.5. The van der Waals surface area contributed by atoms with Crippen molar-refractivity contribution >= 4 is 12.1 Å². The van der Waals surface area contributed by atoms with Crippen LogP contribution in [0.2, 0.25) is 0 Å². The zero-order chi connectivity index (χ0) is 14.6. The highest BCUT2D eigenvalue weighted by Crippen LogP contribution is 2.22. The zero-order valence-electron chi connectivity index (χ0n) is 12.1. The van der Waals surface area contributed by atoms with E-state index in [9.17, 15) is 9.59 Å². The monoisotopic (exact) mass is 269 g/mol. The van der Waals surface area contributed by atoms with Crippen molar-refractivity contribution in [3.05, 3.63) is 11.6 Å². The van der Waals surface area contributed by atoms with Gasteiger partial charge in [-0.1, -0.05) is 13.0 Å². The fraction of sp³-hybridized carbons (Fsp3) is 0.714. The van der Waals surface area contributed by atoms with Gasteiger partial charge in [-0.05, 0) is 40.0 Å². The molecule has 0 bridgehead atoms. The number of carboxylic acids is 1. The maximum Gasteiger partial charge on any atom is 0.410 e. The van der Waals surface area contributed by atoms with Gasteiger partial charge in [0.2, 0.25) is 0 Å². The smallest absolute Gasteiger partial charge is 0.410 e. The standard InChI is InChI=1S/C14H23NO4/c1-5-11-9-10(12(16)17)7-6-8-15(11)13(18)19-14(2,3)4/h7,11H,5-6,8-9H2,1-4H3,(H,16,17). The molecule has 0 aromatic heterocycles. The van der Waals surface area contributed by atoms with Crippen LogP contribution in [0, 0.1) is 0 Å². The molecular formula is C14H23NO4. The van der Waals surface area contributed by atoms with Crippen LogP contribution in [0.15, 0.2) is 11.6 Å². The SMILES string of the molecule is CCC1CC(C(=O)O)=CCCN1C(=O)OC(C)(C)C. The lowest BCUT2D eigenvalue weighted by Gasteiger charge is -2.32. The summed E-state index contributed by atoms with van der Waals surface area (Å²) in [7, 11) is 0. The number of hydrogen-bond acceptors (Lipinski definition) is 3. The summed E-state index contributed by atoms with van der Waals surface area (Å²) in [6.07, 6.45) is 2.99. The van der Waals surface area contributed by atoms with Crippen molar-refractivity contribution in [1.29, 1.82) is 0 Å². The molecule has 0 aliphatic carbocycles. The third-order valence-corrected chi connectivity index (χ3v) is 3.03. The molecule has 1 rings (SSSR count). The molecule has 19 heavy (non-hydrogen) atoms. The van der Waals surface area contributed by atoms with E-state index in [1.54, 1.807) is 11.0 Å². The van der Waals surface area contributed by atoms with Gasteiger partial charge in [-0.2, -0.15) is 0 Å². The second-order valence-corrected chi connectivity index (χ2v) is 5.76. The van der Waals surface area contributed by atoms with Crippen molar-refractivity contribution in [3.8, 4) is 0 Å². The molecule has 0 radical (unpaired) electrons. The Labute approximate surface area is 114 Å². The van der Waals surface area contributed by atoms with Crippen molar-refractivity contribution in [3.63, 3.8) is 0 Å². The predicted molar refractivity (Wildman–Crippen MR) is 72.0 cm³/mol. The van der Waals surface area contributed by atoms with E-state index in [-0.39, 0.29) is 12.1 Å². The molecule has 108 valence electrons. The molecule has 5 nitrogen and oxygen atoms in total. The van der Waals surface area contributed by atoms with Crippen LogP contribution in [0.5, 0.6) is 0 Å². The van der Waals surface area contributed by atoms with E-state index in [0.29, 0.717) is 31.4 Å². The van der Waals surface area contributed by atoms with Crippen LogP contribution >= 0.6 is 0 Å². The second kappa shape index (κ2) is 6.08. The quantitative estimate of drug-likeness (QED) is 0.837. The number of hydrogen-bond donors (Lipinski definition) is 1. The Kier molecular flexibility index (Phi) is 4.97. The van der Waals surface area contributed by atoms with Gasteiger partial charge in [0.25, 0.3) is 0 Å². The number of carboxylic acid groups (broad SMARTS) is 1. The van der Waals surface area contributed by atoms with E-state index in [0.717, 1.165) is 0 Å². The molecular weight excluding hydrogens is 246 g/mol. The van der Waals surface area contributed by atoms with Crippen LogP contribution in [-0.2, 0) is 9.53 Å². The van der Waals surface area contributed by atoms with Crippen molar-refractivity contribution in [2.45, 2.75) is 58.6 Å². The van der Waals surface area contributed by atoms with Crippen molar-refractivity contribution < 1.29 is 19.4 Å². The first-order chi connectivity index (χ1) is 8.74. The van der Waals surface area contributed by atoms with Gasteiger partial charge in [0.15, 0.2) is 0 Å². The molecule has 1 N–H and O–H groups in total. The van der Waals surface area contributed by atoms with E-state index in [1.165, 1.54) is 0 Å². The number of aliphatic carboxylic acids is 1. The second-order valence-electron chi connectivity index (χ2n) is 5.76. The molecule has 0 aromatic rings. The topological polar surface area (TPSA) is 66.8 Å². The molecule has 1 atom stereocenters. The summed E-state index contributed by atoms with van der Waals surface area (Å²) >= 11 is 0. The minimum atomic E-state index is -0.899. The van der Waals surface area contributed by atoms with Gasteiger partial charge in [-0.15, -0.1) is 0 Å². The van der Waals surface area contributed by atoms with Gasteiger partial charge in [0.05, 0.1) is 0 Å². The summed E-state index contributed by atoms with van der Waals surface area (Å²) in [4.78, 5) is 24.9. The maximum atomic E-state index is 12.1. The molecule has 1 amide bonds. The van der Waals surface area contributed by atoms with Gasteiger partial charge in [0, 0.05) is 18.2 Å². The number of rotatable bonds is 2. The number of amides is 1. The Morgan fingerprint density at radius 1 is 1.47 bits per heavy atom. The Hall–Kier alpha value is -1.52. The van der Waals surface area contributed by atoms with Gasteiger partial charge in [0.1, 0.15) is 5.60 Å². The molecule has 0 aromatic carbocycles. The maximum absolute atomic E-state index is 12.1. The lowest BCUT2D eigenvalue weighted by Crippen LogP contribution is -2.43. The van der Waals surface area contributed by atoms with E-state index >= 15 is 0 Å². The molecule has 0 fully saturated rings. The molecule has 1 unspecified atom stereocenters. The van der Waals surface area contributed by atoms with Gasteiger partial charge in [-0.3, -0.25) is 0 Å². The summed E-state index contributed by atoms with van der Waals surface area (Å²) in [5, 5.41) is 9.08. The van der Waals surface area contributed by atoms with Crippen LogP contribution < -0.4 is 0 Å². The predicted octanol–water partition coefficient (Wildman–Crippen LogP) is 2.81. The fourth-order valence-electron chi connectivity index (χ4n) is 2.11. The van der Waals surface area contributed by atoms with Gasteiger partial charge < -0.3 is 14.7 Å². The van der Waals surface area contributed by atoms with Crippen LogP contribution in [-0.4, -0.2) is 40.3 Å². The lowest BCUT2D eigenvalue weighted by atomic mass is 10.0. The summed E-state index contributed by atoms with van der Waals surface area (Å²) in [6, 6.07) is -0.111. The van der Waals surface area contributed by atoms with Gasteiger partial charge >= 0.3 is 12.1 Å². The lowest BCUT2D eigenvalue weighted by molar-refractivity contribution is -0.133. The number of carbonyl (C=O) groups is 2. The first-order valence-electron chi connectivity index (χ1n) is 6.66. The van der Waals surface area contributed by atoms with Crippen molar-refractivity contribution in [2.24, 2.45) is 0 Å². The van der Waals surface area contributed by atoms with E-state index in [2.05, 4.69) is 0 Å². The molecule has 0 saturated heterocycles. The molecule has 1 heterocycles. The first-order valence-corrected chi connectivity index (χ1v) is 6.66. The van der Waals surface area contributed by atoms with Crippen LogP contribution in [0.25, 0.3) is 0 Å². The van der Waals surface area contributed by atoms with Crippen molar-refractivity contribution in [1.82, 2.24) is 4.90 Å². The number of carbonyl (C=O) groups excluding carboxylic acids is 1. The van der Waals surface area contributed by atoms with E-state index in [1.807, 2.05) is 27.7 Å². The summed E-state index contributed by atoms with van der Waals surface area (Å²) in [5.74, 6) is -0.899. The third-order valence-electron chi connectivity index (χ3n) is 3.03. The summed E-state index contributed by atoms with van der Waals surface area (Å²) in [5.41, 5.74) is -0.150. The van der Waals surface area contributed by atoms with Crippen molar-refractivity contribution in [2.75, 3.05) is 6.54 Å². The Balaban J connectivity index is 2.80. The number of nitrogens with zero attached hydrogens (tertiary/aromatic N) is 1. The molecule has 0 spiro atoms. The Bertz CT molecular complexity index is 381.